The predicted octanol–water partition coefficient (Wildman–Crippen LogP) is 0.588. The molecular weight excluding hydrogens is 214 g/mol. The second kappa shape index (κ2) is 4.31. The summed E-state index contributed by atoms with van der Waals surface area (Å²) >= 11 is -1.53. The molecule has 6 heteroatoms. The first-order valence-corrected chi connectivity index (χ1v) is 5.52. The molecule has 0 radical (unpaired) electrons. The van der Waals surface area contributed by atoms with Gasteiger partial charge >= 0.3 is 11.3 Å². The molecular formula is C9H11N3O2S. The van der Waals surface area contributed by atoms with Crippen LogP contribution in [0.1, 0.15) is 5.56 Å². The van der Waals surface area contributed by atoms with Crippen LogP contribution in [0.15, 0.2) is 35.5 Å². The number of hydrogen-bond donors (Lipinski definition) is 1. The van der Waals surface area contributed by atoms with Gasteiger partial charge in [-0.15, -0.1) is 0 Å². The summed E-state index contributed by atoms with van der Waals surface area (Å²) in [7, 11) is 1.85. The molecule has 0 fully saturated rings. The summed E-state index contributed by atoms with van der Waals surface area (Å²) in [5, 5.41) is 3.64. The standard InChI is InChI=1S/C9H11N3O2S/c1-12(9-10-14-15(13)11-9)7-8-5-3-2-4-6-8/h2-6H,7H2,1H3,(H,10,11). The largest absolute Gasteiger partial charge is 0.339 e. The van der Waals surface area contributed by atoms with E-state index in [1.165, 1.54) is 0 Å². The smallest absolute Gasteiger partial charge is 0.338 e. The first kappa shape index (κ1) is 9.97. The van der Waals surface area contributed by atoms with Crippen molar-refractivity contribution in [3.05, 3.63) is 35.9 Å². The third kappa shape index (κ3) is 2.47. The van der Waals surface area contributed by atoms with Crippen molar-refractivity contribution in [1.82, 2.24) is 9.62 Å². The second-order valence-corrected chi connectivity index (χ2v) is 3.99. The minimum Gasteiger partial charge on any atom is -0.338 e. The van der Waals surface area contributed by atoms with Crippen molar-refractivity contribution in [2.45, 2.75) is 6.54 Å². The van der Waals surface area contributed by atoms with Crippen LogP contribution in [0.5, 0.6) is 0 Å². The Hall–Kier alpha value is -1.56. The topological polar surface area (TPSA) is 53.9 Å². The van der Waals surface area contributed by atoms with Crippen molar-refractivity contribution in [3.8, 4) is 0 Å². The number of guanidine groups is 1. The fourth-order valence-corrected chi connectivity index (χ4v) is 1.78. The van der Waals surface area contributed by atoms with Gasteiger partial charge in [-0.2, -0.15) is 4.21 Å². The first-order chi connectivity index (χ1) is 7.25. The Labute approximate surface area is 90.5 Å². The van der Waals surface area contributed by atoms with Crippen LogP contribution in [-0.2, 0) is 22.1 Å². The summed E-state index contributed by atoms with van der Waals surface area (Å²) in [4.78, 5) is 1.83. The molecule has 0 aromatic heterocycles. The second-order valence-electron chi connectivity index (χ2n) is 3.17. The van der Waals surface area contributed by atoms with Gasteiger partial charge in [0.15, 0.2) is 0 Å². The Balaban J connectivity index is 1.98. The van der Waals surface area contributed by atoms with Gasteiger partial charge in [0.2, 0.25) is 0 Å². The number of oxime groups is 1. The average molecular weight is 225 g/mol. The van der Waals surface area contributed by atoms with Gasteiger partial charge in [-0.1, -0.05) is 30.3 Å². The molecule has 0 spiro atoms. The van der Waals surface area contributed by atoms with Crippen LogP contribution in [-0.4, -0.2) is 22.1 Å². The van der Waals surface area contributed by atoms with Crippen molar-refractivity contribution >= 4 is 17.2 Å². The van der Waals surface area contributed by atoms with Crippen LogP contribution >= 0.6 is 0 Å². The van der Waals surface area contributed by atoms with E-state index in [-0.39, 0.29) is 0 Å². The van der Waals surface area contributed by atoms with Gasteiger partial charge < -0.3 is 4.90 Å². The third-order valence-electron chi connectivity index (χ3n) is 1.99. The molecule has 0 saturated heterocycles. The highest BCUT2D eigenvalue weighted by molar-refractivity contribution is 7.79. The third-order valence-corrected chi connectivity index (χ3v) is 2.55. The molecule has 0 amide bonds. The van der Waals surface area contributed by atoms with E-state index in [1.54, 1.807) is 0 Å². The molecule has 1 aromatic rings. The van der Waals surface area contributed by atoms with Gasteiger partial charge in [-0.05, 0) is 10.7 Å². The Morgan fingerprint density at radius 3 is 2.80 bits per heavy atom. The van der Waals surface area contributed by atoms with Crippen molar-refractivity contribution in [1.29, 1.82) is 0 Å². The predicted molar refractivity (Wildman–Crippen MR) is 57.7 cm³/mol. The van der Waals surface area contributed by atoms with Crippen molar-refractivity contribution in [2.75, 3.05) is 7.05 Å². The Kier molecular flexibility index (Phi) is 2.86. The zero-order valence-electron chi connectivity index (χ0n) is 8.21. The van der Waals surface area contributed by atoms with Crippen molar-refractivity contribution < 1.29 is 8.49 Å². The van der Waals surface area contributed by atoms with E-state index >= 15 is 0 Å². The Morgan fingerprint density at radius 1 is 1.47 bits per heavy atom. The highest BCUT2D eigenvalue weighted by atomic mass is 32.2. The van der Waals surface area contributed by atoms with E-state index in [0.717, 1.165) is 5.56 Å². The van der Waals surface area contributed by atoms with Gasteiger partial charge in [-0.25, -0.2) is 4.72 Å². The normalized spacial score (nSPS) is 19.0. The molecule has 1 aromatic carbocycles. The fourth-order valence-electron chi connectivity index (χ4n) is 1.26. The van der Waals surface area contributed by atoms with E-state index in [9.17, 15) is 4.21 Å². The van der Waals surface area contributed by atoms with Crippen LogP contribution in [0, 0.1) is 0 Å². The molecule has 0 saturated carbocycles. The number of nitrogens with one attached hydrogen (secondary N) is 1. The number of hydrogen-bond acceptors (Lipinski definition) is 4. The summed E-state index contributed by atoms with van der Waals surface area (Å²) < 4.78 is 18.0. The maximum atomic E-state index is 10.8. The van der Waals surface area contributed by atoms with Crippen LogP contribution in [0.2, 0.25) is 0 Å². The summed E-state index contributed by atoms with van der Waals surface area (Å²) in [5.41, 5.74) is 1.15. The molecule has 1 N–H and O–H groups in total. The van der Waals surface area contributed by atoms with E-state index in [2.05, 4.69) is 14.2 Å². The van der Waals surface area contributed by atoms with Crippen LogP contribution in [0.4, 0.5) is 0 Å². The molecule has 80 valence electrons. The lowest BCUT2D eigenvalue weighted by Gasteiger charge is -2.16. The van der Waals surface area contributed by atoms with E-state index in [0.29, 0.717) is 12.5 Å². The maximum Gasteiger partial charge on any atom is 0.339 e. The zero-order chi connectivity index (χ0) is 10.7. The van der Waals surface area contributed by atoms with Crippen molar-refractivity contribution in [2.24, 2.45) is 5.16 Å². The lowest BCUT2D eigenvalue weighted by Crippen LogP contribution is -2.35. The monoisotopic (exact) mass is 225 g/mol. The average Bonchev–Trinajstić information content (AvgIpc) is 2.66. The lowest BCUT2D eigenvalue weighted by molar-refractivity contribution is 0.373. The van der Waals surface area contributed by atoms with Gasteiger partial charge in [0.1, 0.15) is 0 Å². The zero-order valence-corrected chi connectivity index (χ0v) is 9.03. The molecule has 1 aliphatic rings. The minimum atomic E-state index is -1.53. The number of benzene rings is 1. The van der Waals surface area contributed by atoms with Crippen LogP contribution < -0.4 is 4.72 Å². The van der Waals surface area contributed by atoms with Crippen LogP contribution in [0.3, 0.4) is 0 Å². The van der Waals surface area contributed by atoms with Crippen LogP contribution in [0.25, 0.3) is 0 Å². The van der Waals surface area contributed by atoms with Gasteiger partial charge in [0, 0.05) is 13.6 Å². The van der Waals surface area contributed by atoms with Gasteiger partial charge in [-0.3, -0.25) is 4.28 Å². The van der Waals surface area contributed by atoms with Crippen molar-refractivity contribution in [3.63, 3.8) is 0 Å². The molecule has 1 aliphatic heterocycles. The highest BCUT2D eigenvalue weighted by Gasteiger charge is 2.18. The highest BCUT2D eigenvalue weighted by Crippen LogP contribution is 2.05. The molecule has 2 rings (SSSR count). The SMILES string of the molecule is CN(Cc1ccccc1)C1=NOS(=O)N1. The summed E-state index contributed by atoms with van der Waals surface area (Å²) in [5.74, 6) is 0.484. The molecule has 1 atom stereocenters. The van der Waals surface area contributed by atoms with E-state index in [4.69, 9.17) is 0 Å². The Bertz CT molecular complexity index is 394. The minimum absolute atomic E-state index is 0.484. The van der Waals surface area contributed by atoms with E-state index < -0.39 is 11.3 Å². The quantitative estimate of drug-likeness (QED) is 0.801. The van der Waals surface area contributed by atoms with Gasteiger partial charge in [0.05, 0.1) is 0 Å². The summed E-state index contributed by atoms with van der Waals surface area (Å²) in [6.45, 7) is 0.688. The molecule has 0 bridgehead atoms. The van der Waals surface area contributed by atoms with E-state index in [1.807, 2.05) is 42.3 Å². The summed E-state index contributed by atoms with van der Waals surface area (Å²) in [6, 6.07) is 9.95. The first-order valence-electron chi connectivity index (χ1n) is 4.44. The molecule has 15 heavy (non-hydrogen) atoms. The van der Waals surface area contributed by atoms with Gasteiger partial charge in [0.25, 0.3) is 5.96 Å². The molecule has 5 nitrogen and oxygen atoms in total. The molecule has 1 heterocycles. The fraction of sp³-hybridized carbons (Fsp3) is 0.222. The molecule has 0 aliphatic carbocycles. The molecule has 1 unspecified atom stereocenters. The number of nitrogens with zero attached hydrogens (tertiary/aromatic N) is 2. The number of rotatable bonds is 2. The summed E-state index contributed by atoms with van der Waals surface area (Å²) in [6.07, 6.45) is 0. The maximum absolute atomic E-state index is 10.8. The lowest BCUT2D eigenvalue weighted by atomic mass is 10.2. The Morgan fingerprint density at radius 2 is 2.20 bits per heavy atom.